The quantitative estimate of drug-likeness (QED) is 0.458. The molecule has 1 aliphatic rings. The second-order valence-corrected chi connectivity index (χ2v) is 8.98. The Morgan fingerprint density at radius 3 is 2.31 bits per heavy atom. The number of nitrogens with zero attached hydrogens (tertiary/aromatic N) is 2. The zero-order chi connectivity index (χ0) is 25.1. The van der Waals surface area contributed by atoms with Crippen molar-refractivity contribution in [2.24, 2.45) is 5.73 Å². The van der Waals surface area contributed by atoms with Gasteiger partial charge in [-0.2, -0.15) is 4.37 Å². The van der Waals surface area contributed by atoms with Crippen molar-refractivity contribution in [3.8, 4) is 0 Å². The number of anilines is 2. The second-order valence-electron chi connectivity index (χ2n) is 8.21. The number of aromatic nitrogens is 1. The first-order chi connectivity index (χ1) is 16.8. The third-order valence-electron chi connectivity index (χ3n) is 5.88. The van der Waals surface area contributed by atoms with Gasteiger partial charge in [-0.25, -0.2) is 8.78 Å². The van der Waals surface area contributed by atoms with Crippen LogP contribution >= 0.6 is 11.5 Å². The van der Waals surface area contributed by atoms with Gasteiger partial charge in [-0.1, -0.05) is 37.1 Å². The van der Waals surface area contributed by atoms with Crippen LogP contribution in [0, 0.1) is 11.6 Å². The van der Waals surface area contributed by atoms with Crippen molar-refractivity contribution in [3.63, 3.8) is 0 Å². The number of para-hydroxylation sites is 1. The van der Waals surface area contributed by atoms with Crippen LogP contribution in [0.3, 0.4) is 0 Å². The molecule has 1 atom stereocenters. The first-order valence-electron chi connectivity index (χ1n) is 11.0. The minimum absolute atomic E-state index is 0.0991. The summed E-state index contributed by atoms with van der Waals surface area (Å²) in [6, 6.07) is 9.02. The van der Waals surface area contributed by atoms with Gasteiger partial charge in [0.2, 0.25) is 5.91 Å². The maximum absolute atomic E-state index is 15.1. The zero-order valence-electron chi connectivity index (χ0n) is 18.5. The third kappa shape index (κ3) is 4.99. The van der Waals surface area contributed by atoms with Gasteiger partial charge in [-0.15, -0.1) is 0 Å². The molecule has 1 heterocycles. The summed E-state index contributed by atoms with van der Waals surface area (Å²) in [7, 11) is 0. The lowest BCUT2D eigenvalue weighted by atomic mass is 10.0. The smallest absolute Gasteiger partial charge is 0.273 e. The standard InChI is InChI=1S/C24H23F2N5O3S/c25-14-11-9-13(10-12-14)20(23(33)29-15-5-1-2-6-15)31(17-8-4-3-7-16(17)26)24(34)21-18(27)19(22(28)32)30-35-21/h3-4,7-12,15,20H,1-2,5-6,27H2,(H2,28,32)(H,29,33). The Morgan fingerprint density at radius 2 is 1.71 bits per heavy atom. The molecular weight excluding hydrogens is 476 g/mol. The Morgan fingerprint density at radius 1 is 1.06 bits per heavy atom. The van der Waals surface area contributed by atoms with E-state index < -0.39 is 35.4 Å². The molecular formula is C24H23F2N5O3S. The number of primary amides is 1. The lowest BCUT2D eigenvalue weighted by Crippen LogP contribution is -2.46. The summed E-state index contributed by atoms with van der Waals surface area (Å²) < 4.78 is 32.6. The van der Waals surface area contributed by atoms with Crippen LogP contribution in [0.15, 0.2) is 48.5 Å². The summed E-state index contributed by atoms with van der Waals surface area (Å²) in [5.41, 5.74) is 10.8. The Bertz CT molecular complexity index is 1260. The van der Waals surface area contributed by atoms with Crippen LogP contribution in [0.25, 0.3) is 0 Å². The highest BCUT2D eigenvalue weighted by Crippen LogP contribution is 2.35. The largest absolute Gasteiger partial charge is 0.395 e. The van der Waals surface area contributed by atoms with Crippen molar-refractivity contribution in [3.05, 3.63) is 76.3 Å². The Kier molecular flexibility index (Phi) is 7.06. The SMILES string of the molecule is NC(=O)c1nsc(C(=O)N(c2ccccc2F)C(C(=O)NC2CCCC2)c2ccc(F)cc2)c1N. The number of carbonyl (C=O) groups excluding carboxylic acids is 3. The average Bonchev–Trinajstić information content (AvgIpc) is 3.48. The first-order valence-corrected chi connectivity index (χ1v) is 11.7. The third-order valence-corrected chi connectivity index (χ3v) is 6.73. The summed E-state index contributed by atoms with van der Waals surface area (Å²) in [6.07, 6.45) is 3.46. The molecule has 3 aromatic rings. The molecule has 1 aromatic heterocycles. The average molecular weight is 500 g/mol. The molecule has 35 heavy (non-hydrogen) atoms. The van der Waals surface area contributed by atoms with Crippen molar-refractivity contribution in [2.45, 2.75) is 37.8 Å². The topological polar surface area (TPSA) is 131 Å². The summed E-state index contributed by atoms with van der Waals surface area (Å²) in [6.45, 7) is 0. The van der Waals surface area contributed by atoms with Gasteiger partial charge in [0, 0.05) is 6.04 Å². The zero-order valence-corrected chi connectivity index (χ0v) is 19.4. The van der Waals surface area contributed by atoms with Crippen LogP contribution in [0.5, 0.6) is 0 Å². The van der Waals surface area contributed by atoms with E-state index in [-0.39, 0.29) is 33.6 Å². The molecule has 1 unspecified atom stereocenters. The van der Waals surface area contributed by atoms with Crippen molar-refractivity contribution < 1.29 is 23.2 Å². The van der Waals surface area contributed by atoms with Crippen molar-refractivity contribution in [1.29, 1.82) is 0 Å². The van der Waals surface area contributed by atoms with E-state index in [2.05, 4.69) is 9.69 Å². The fraction of sp³-hybridized carbons (Fsp3) is 0.250. The van der Waals surface area contributed by atoms with E-state index in [0.717, 1.165) is 48.8 Å². The number of nitrogens with one attached hydrogen (secondary N) is 1. The van der Waals surface area contributed by atoms with Crippen molar-refractivity contribution in [2.75, 3.05) is 10.6 Å². The predicted molar refractivity (Wildman–Crippen MR) is 128 cm³/mol. The molecule has 0 aliphatic heterocycles. The minimum atomic E-state index is -1.36. The Hall–Kier alpha value is -3.86. The van der Waals surface area contributed by atoms with E-state index in [1.165, 1.54) is 30.3 Å². The molecule has 1 aliphatic carbocycles. The fourth-order valence-corrected chi connectivity index (χ4v) is 4.91. The Balaban J connectivity index is 1.86. The molecule has 1 fully saturated rings. The highest BCUT2D eigenvalue weighted by Gasteiger charge is 2.38. The van der Waals surface area contributed by atoms with Crippen molar-refractivity contribution in [1.82, 2.24) is 9.69 Å². The van der Waals surface area contributed by atoms with Gasteiger partial charge in [-0.05, 0) is 54.2 Å². The second kappa shape index (κ2) is 10.2. The molecule has 5 N–H and O–H groups in total. The number of hydrogen-bond acceptors (Lipinski definition) is 6. The number of carbonyl (C=O) groups is 3. The van der Waals surface area contributed by atoms with E-state index in [0.29, 0.717) is 11.5 Å². The predicted octanol–water partition coefficient (Wildman–Crippen LogP) is 3.55. The summed E-state index contributed by atoms with van der Waals surface area (Å²) >= 11 is 0.620. The number of amides is 3. The maximum Gasteiger partial charge on any atom is 0.273 e. The lowest BCUT2D eigenvalue weighted by molar-refractivity contribution is -0.123. The molecule has 3 amide bonds. The van der Waals surface area contributed by atoms with E-state index in [1.54, 1.807) is 0 Å². The molecule has 4 rings (SSSR count). The molecule has 182 valence electrons. The summed E-state index contributed by atoms with van der Waals surface area (Å²) in [5.74, 6) is -3.64. The molecule has 1 saturated carbocycles. The van der Waals surface area contributed by atoms with Gasteiger partial charge in [0.05, 0.1) is 11.4 Å². The minimum Gasteiger partial charge on any atom is -0.395 e. The molecule has 2 aromatic carbocycles. The first kappa shape index (κ1) is 24.3. The van der Waals surface area contributed by atoms with Gasteiger partial charge in [0.15, 0.2) is 5.69 Å². The van der Waals surface area contributed by atoms with Crippen LogP contribution < -0.4 is 21.7 Å². The van der Waals surface area contributed by atoms with Crippen LogP contribution in [0.1, 0.15) is 57.4 Å². The van der Waals surface area contributed by atoms with Crippen LogP contribution in [0.4, 0.5) is 20.2 Å². The van der Waals surface area contributed by atoms with Crippen LogP contribution in [0.2, 0.25) is 0 Å². The number of benzene rings is 2. The molecule has 0 radical (unpaired) electrons. The van der Waals surface area contributed by atoms with Gasteiger partial charge in [0.25, 0.3) is 11.8 Å². The molecule has 11 heteroatoms. The Labute approximate surface area is 204 Å². The number of nitrogen functional groups attached to an aromatic ring is 1. The van der Waals surface area contributed by atoms with E-state index >= 15 is 4.39 Å². The molecule has 0 spiro atoms. The van der Waals surface area contributed by atoms with E-state index in [1.807, 2.05) is 0 Å². The number of rotatable bonds is 7. The number of nitrogens with two attached hydrogens (primary N) is 2. The van der Waals surface area contributed by atoms with E-state index in [9.17, 15) is 18.8 Å². The highest BCUT2D eigenvalue weighted by molar-refractivity contribution is 7.09. The lowest BCUT2D eigenvalue weighted by Gasteiger charge is -2.32. The fourth-order valence-electron chi connectivity index (χ4n) is 4.16. The summed E-state index contributed by atoms with van der Waals surface area (Å²) in [4.78, 5) is 39.9. The monoisotopic (exact) mass is 499 g/mol. The molecule has 8 nitrogen and oxygen atoms in total. The van der Waals surface area contributed by atoms with Gasteiger partial charge >= 0.3 is 0 Å². The normalized spacial score (nSPS) is 14.5. The maximum atomic E-state index is 15.1. The van der Waals surface area contributed by atoms with Gasteiger partial charge in [0.1, 0.15) is 22.6 Å². The van der Waals surface area contributed by atoms with Gasteiger partial charge < -0.3 is 16.8 Å². The van der Waals surface area contributed by atoms with Gasteiger partial charge in [-0.3, -0.25) is 19.3 Å². The highest BCUT2D eigenvalue weighted by atomic mass is 32.1. The summed E-state index contributed by atoms with van der Waals surface area (Å²) in [5, 5.41) is 2.94. The van der Waals surface area contributed by atoms with Crippen LogP contribution in [-0.2, 0) is 4.79 Å². The molecule has 0 saturated heterocycles. The molecule has 0 bridgehead atoms. The number of hydrogen-bond donors (Lipinski definition) is 3. The number of halogens is 2. The van der Waals surface area contributed by atoms with Crippen LogP contribution in [-0.4, -0.2) is 28.1 Å². The van der Waals surface area contributed by atoms with E-state index in [4.69, 9.17) is 11.5 Å². The van der Waals surface area contributed by atoms with Crippen molar-refractivity contribution >= 4 is 40.6 Å².